The normalized spacial score (nSPS) is 15.1. The van der Waals surface area contributed by atoms with Crippen LogP contribution in [0.3, 0.4) is 0 Å². The van der Waals surface area contributed by atoms with E-state index in [0.717, 1.165) is 37.4 Å². The molecule has 3 aromatic rings. The molecular formula is C17H20N8O. The van der Waals surface area contributed by atoms with Crippen LogP contribution in [0, 0.1) is 0 Å². The summed E-state index contributed by atoms with van der Waals surface area (Å²) in [7, 11) is 1.79. The molecule has 4 rings (SSSR count). The second-order valence-corrected chi connectivity index (χ2v) is 6.29. The molecule has 1 aliphatic rings. The van der Waals surface area contributed by atoms with Gasteiger partial charge in [-0.3, -0.25) is 10.1 Å². The van der Waals surface area contributed by atoms with Gasteiger partial charge in [0.05, 0.1) is 18.1 Å². The minimum absolute atomic E-state index is 0.220. The minimum Gasteiger partial charge on any atom is -0.317 e. The molecule has 0 atom stereocenters. The molecular weight excluding hydrogens is 332 g/mol. The third kappa shape index (κ3) is 3.33. The molecule has 0 bridgehead atoms. The Labute approximate surface area is 150 Å². The van der Waals surface area contributed by atoms with E-state index in [1.165, 1.54) is 0 Å². The lowest BCUT2D eigenvalue weighted by atomic mass is 9.98. The molecule has 2 N–H and O–H groups in total. The van der Waals surface area contributed by atoms with Gasteiger partial charge in [0.2, 0.25) is 5.95 Å². The molecule has 2 aromatic heterocycles. The molecule has 0 saturated carbocycles. The van der Waals surface area contributed by atoms with Crippen molar-refractivity contribution in [3.63, 3.8) is 0 Å². The largest absolute Gasteiger partial charge is 0.317 e. The second-order valence-electron chi connectivity index (χ2n) is 6.29. The Morgan fingerprint density at radius 3 is 2.69 bits per heavy atom. The van der Waals surface area contributed by atoms with Crippen molar-refractivity contribution in [1.29, 1.82) is 0 Å². The first-order chi connectivity index (χ1) is 12.7. The van der Waals surface area contributed by atoms with Crippen LogP contribution < -0.4 is 10.6 Å². The summed E-state index contributed by atoms with van der Waals surface area (Å²) in [6.45, 7) is 1.95. The van der Waals surface area contributed by atoms with Gasteiger partial charge in [-0.05, 0) is 50.2 Å². The number of anilines is 1. The van der Waals surface area contributed by atoms with Crippen LogP contribution in [0.4, 0.5) is 5.95 Å². The zero-order valence-corrected chi connectivity index (χ0v) is 14.5. The summed E-state index contributed by atoms with van der Waals surface area (Å²) >= 11 is 0. The molecule has 9 heteroatoms. The summed E-state index contributed by atoms with van der Waals surface area (Å²) in [6.07, 6.45) is 5.38. The predicted molar refractivity (Wildman–Crippen MR) is 95.2 cm³/mol. The molecule has 0 radical (unpaired) electrons. The van der Waals surface area contributed by atoms with Gasteiger partial charge in [0.15, 0.2) is 5.82 Å². The Morgan fingerprint density at radius 2 is 2.00 bits per heavy atom. The topological polar surface area (TPSA) is 103 Å². The van der Waals surface area contributed by atoms with Crippen LogP contribution >= 0.6 is 0 Å². The average molecular weight is 352 g/mol. The van der Waals surface area contributed by atoms with E-state index in [1.807, 2.05) is 12.1 Å². The zero-order valence-electron chi connectivity index (χ0n) is 14.5. The van der Waals surface area contributed by atoms with Crippen molar-refractivity contribution >= 4 is 11.9 Å². The first kappa shape index (κ1) is 16.4. The molecule has 1 fully saturated rings. The maximum absolute atomic E-state index is 12.5. The molecule has 0 unspecified atom stereocenters. The van der Waals surface area contributed by atoms with Crippen molar-refractivity contribution in [1.82, 2.24) is 35.1 Å². The highest BCUT2D eigenvalue weighted by atomic mass is 16.1. The van der Waals surface area contributed by atoms with Crippen LogP contribution in [0.2, 0.25) is 0 Å². The van der Waals surface area contributed by atoms with Crippen molar-refractivity contribution < 1.29 is 4.79 Å². The summed E-state index contributed by atoms with van der Waals surface area (Å²) in [5.74, 6) is 1.38. The van der Waals surface area contributed by atoms with Gasteiger partial charge in [-0.1, -0.05) is 5.21 Å². The Balaban J connectivity index is 1.47. The Morgan fingerprint density at radius 1 is 1.23 bits per heavy atom. The maximum atomic E-state index is 12.5. The van der Waals surface area contributed by atoms with Gasteiger partial charge in [-0.15, -0.1) is 5.10 Å². The maximum Gasteiger partial charge on any atom is 0.258 e. The van der Waals surface area contributed by atoms with E-state index in [4.69, 9.17) is 0 Å². The fourth-order valence-electron chi connectivity index (χ4n) is 3.05. The number of nitrogens with one attached hydrogen (secondary N) is 2. The van der Waals surface area contributed by atoms with Crippen molar-refractivity contribution in [3.8, 4) is 5.69 Å². The molecule has 3 heterocycles. The van der Waals surface area contributed by atoms with Gasteiger partial charge >= 0.3 is 0 Å². The fraction of sp³-hybridized carbons (Fsp3) is 0.353. The van der Waals surface area contributed by atoms with Gasteiger partial charge in [-0.25, -0.2) is 9.36 Å². The van der Waals surface area contributed by atoms with Crippen molar-refractivity contribution in [3.05, 3.63) is 48.0 Å². The Kier molecular flexibility index (Phi) is 4.44. The summed E-state index contributed by atoms with van der Waals surface area (Å²) in [4.78, 5) is 17.0. The van der Waals surface area contributed by atoms with E-state index in [1.54, 1.807) is 40.9 Å². The Hall–Kier alpha value is -3.07. The quantitative estimate of drug-likeness (QED) is 0.729. The first-order valence-electron chi connectivity index (χ1n) is 8.60. The van der Waals surface area contributed by atoms with E-state index < -0.39 is 0 Å². The number of carbonyl (C=O) groups excluding carboxylic acids is 1. The van der Waals surface area contributed by atoms with Crippen molar-refractivity contribution in [2.45, 2.75) is 18.8 Å². The number of rotatable bonds is 4. The summed E-state index contributed by atoms with van der Waals surface area (Å²) in [6, 6.07) is 7.13. The van der Waals surface area contributed by atoms with Gasteiger partial charge in [-0.2, -0.15) is 10.1 Å². The molecule has 0 aliphatic carbocycles. The van der Waals surface area contributed by atoms with E-state index in [9.17, 15) is 4.79 Å². The van der Waals surface area contributed by atoms with Gasteiger partial charge in [0.1, 0.15) is 0 Å². The van der Waals surface area contributed by atoms with Crippen LogP contribution in [-0.2, 0) is 7.05 Å². The molecule has 1 amide bonds. The number of hydrogen-bond donors (Lipinski definition) is 2. The highest BCUT2D eigenvalue weighted by Crippen LogP contribution is 2.23. The van der Waals surface area contributed by atoms with Gasteiger partial charge in [0, 0.05) is 18.5 Å². The number of piperidine rings is 1. The average Bonchev–Trinajstić information content (AvgIpc) is 3.33. The zero-order chi connectivity index (χ0) is 17.9. The number of amides is 1. The lowest BCUT2D eigenvalue weighted by Crippen LogP contribution is -2.27. The van der Waals surface area contributed by atoms with Gasteiger partial charge < -0.3 is 5.32 Å². The van der Waals surface area contributed by atoms with Crippen LogP contribution in [0.25, 0.3) is 5.69 Å². The van der Waals surface area contributed by atoms with E-state index in [0.29, 0.717) is 17.4 Å². The summed E-state index contributed by atoms with van der Waals surface area (Å²) in [5, 5.41) is 18.3. The molecule has 9 nitrogen and oxygen atoms in total. The first-order valence-corrected chi connectivity index (χ1v) is 8.60. The van der Waals surface area contributed by atoms with Crippen molar-refractivity contribution in [2.75, 3.05) is 18.4 Å². The number of aromatic nitrogens is 6. The van der Waals surface area contributed by atoms with Crippen LogP contribution in [0.5, 0.6) is 0 Å². The molecule has 1 aliphatic heterocycles. The molecule has 0 spiro atoms. The van der Waals surface area contributed by atoms with Crippen molar-refractivity contribution in [2.24, 2.45) is 7.05 Å². The lowest BCUT2D eigenvalue weighted by Gasteiger charge is -2.19. The smallest absolute Gasteiger partial charge is 0.258 e. The van der Waals surface area contributed by atoms with E-state index in [-0.39, 0.29) is 5.91 Å². The Bertz CT molecular complexity index is 878. The minimum atomic E-state index is -0.220. The SMILES string of the molecule is Cn1nc(C2CCNCC2)nc1NC(=O)c1ccc(-n2ccnn2)cc1. The number of carbonyl (C=O) groups is 1. The van der Waals surface area contributed by atoms with Crippen LogP contribution in [0.15, 0.2) is 36.7 Å². The second kappa shape index (κ2) is 7.04. The fourth-order valence-corrected chi connectivity index (χ4v) is 3.05. The van der Waals surface area contributed by atoms with Gasteiger partial charge in [0.25, 0.3) is 5.91 Å². The van der Waals surface area contributed by atoms with E-state index >= 15 is 0 Å². The highest BCUT2D eigenvalue weighted by Gasteiger charge is 2.21. The van der Waals surface area contributed by atoms with Crippen LogP contribution in [0.1, 0.15) is 34.9 Å². The molecule has 1 aromatic carbocycles. The highest BCUT2D eigenvalue weighted by molar-refractivity contribution is 6.03. The summed E-state index contributed by atoms with van der Waals surface area (Å²) < 4.78 is 3.26. The number of aryl methyl sites for hydroxylation is 1. The number of hydrogen-bond acceptors (Lipinski definition) is 6. The molecule has 1 saturated heterocycles. The molecule has 134 valence electrons. The lowest BCUT2D eigenvalue weighted by molar-refractivity contribution is 0.102. The number of nitrogens with zero attached hydrogens (tertiary/aromatic N) is 6. The third-order valence-corrected chi connectivity index (χ3v) is 4.53. The van der Waals surface area contributed by atoms with E-state index in [2.05, 4.69) is 31.0 Å². The molecule has 26 heavy (non-hydrogen) atoms. The standard InChI is InChI=1S/C17H20N8O/c1-24-17(20-15(22-24)12-6-8-18-9-7-12)21-16(26)13-2-4-14(5-3-13)25-11-10-19-23-25/h2-5,10-12,18H,6-9H2,1H3,(H,20,21,22,26). The predicted octanol–water partition coefficient (Wildman–Crippen LogP) is 1.12. The number of benzene rings is 1. The monoisotopic (exact) mass is 352 g/mol. The van der Waals surface area contributed by atoms with Crippen LogP contribution in [-0.4, -0.2) is 48.8 Å². The third-order valence-electron chi connectivity index (χ3n) is 4.53. The summed E-state index contributed by atoms with van der Waals surface area (Å²) in [5.41, 5.74) is 1.38.